The van der Waals surface area contributed by atoms with E-state index < -0.39 is 24.6 Å². The lowest BCUT2D eigenvalue weighted by Gasteiger charge is -2.73. The van der Waals surface area contributed by atoms with Gasteiger partial charge in [0.05, 0.1) is 12.7 Å². The Morgan fingerprint density at radius 1 is 0.854 bits per heavy atom. The van der Waals surface area contributed by atoms with Gasteiger partial charge in [-0.05, 0) is 128 Å². The van der Waals surface area contributed by atoms with Crippen LogP contribution in [0.4, 0.5) is 0 Å². The van der Waals surface area contributed by atoms with Crippen molar-refractivity contribution in [2.24, 2.45) is 56.7 Å². The van der Waals surface area contributed by atoms with Crippen LogP contribution in [0.5, 0.6) is 0 Å². The van der Waals surface area contributed by atoms with Crippen molar-refractivity contribution in [1.29, 1.82) is 0 Å². The SMILES string of the molecule is C=C(C)[C@@H]1CC[C@]2(CO)CC[C@]3(C)[C@H](CC[C@@H]4[C@@]5(C)CCC(O[C@@H]6[C@@H](O)[C@@H](O)CO[C@H]6O)C(C)(C)[C@@H]5CC[C@]43C)[C@@H]12. The molecular weight excluding hydrogens is 516 g/mol. The summed E-state index contributed by atoms with van der Waals surface area (Å²) in [7, 11) is 0. The van der Waals surface area contributed by atoms with Gasteiger partial charge in [-0.2, -0.15) is 0 Å². The van der Waals surface area contributed by atoms with Crippen molar-refractivity contribution >= 4 is 0 Å². The standard InChI is InChI=1S/C35H58O6/c1-20(2)21-10-15-35(19-36)17-16-33(6)22(27(21)35)8-9-25-32(5)13-12-26(31(3,4)24(32)11-14-34(25,33)7)41-29-28(38)23(37)18-40-30(29)39/h21-30,36-39H,1,8-19H2,2-7H3/t21-,22+,23-,24-,25+,26?,27+,28-,29+,30+,32-,33+,34+,35+/m0/s1. The van der Waals surface area contributed by atoms with Gasteiger partial charge in [0, 0.05) is 6.61 Å². The average Bonchev–Trinajstić information content (AvgIpc) is 3.31. The van der Waals surface area contributed by atoms with Gasteiger partial charge in [-0.1, -0.05) is 46.8 Å². The molecule has 0 aromatic carbocycles. The van der Waals surface area contributed by atoms with Crippen molar-refractivity contribution in [2.45, 2.75) is 136 Å². The van der Waals surface area contributed by atoms with Crippen molar-refractivity contribution in [1.82, 2.24) is 0 Å². The number of aliphatic hydroxyl groups is 4. The normalized spacial score (nSPS) is 56.2. The predicted octanol–water partition coefficient (Wildman–Crippen LogP) is 5.46. The lowest BCUT2D eigenvalue weighted by molar-refractivity contribution is -0.300. The molecule has 6 aliphatic rings. The van der Waals surface area contributed by atoms with Crippen LogP contribution in [-0.4, -0.2) is 64.3 Å². The van der Waals surface area contributed by atoms with Crippen LogP contribution >= 0.6 is 0 Å². The highest BCUT2D eigenvalue weighted by atomic mass is 16.6. The third kappa shape index (κ3) is 4.09. The second kappa shape index (κ2) is 10.0. The lowest BCUT2D eigenvalue weighted by Crippen LogP contribution is -2.67. The lowest BCUT2D eigenvalue weighted by atomic mass is 9.32. The van der Waals surface area contributed by atoms with Gasteiger partial charge >= 0.3 is 0 Å². The Hall–Kier alpha value is -0.500. The molecule has 0 spiro atoms. The van der Waals surface area contributed by atoms with Crippen LogP contribution in [0.1, 0.15) is 106 Å². The summed E-state index contributed by atoms with van der Waals surface area (Å²) >= 11 is 0. The number of hydrogen-bond donors (Lipinski definition) is 4. The Kier molecular flexibility index (Phi) is 7.45. The molecule has 0 radical (unpaired) electrons. The van der Waals surface area contributed by atoms with Crippen LogP contribution in [-0.2, 0) is 9.47 Å². The molecule has 41 heavy (non-hydrogen) atoms. The molecule has 0 bridgehead atoms. The monoisotopic (exact) mass is 574 g/mol. The first-order valence-electron chi connectivity index (χ1n) is 16.7. The number of ether oxygens (including phenoxy) is 2. The van der Waals surface area contributed by atoms with E-state index in [-0.39, 0.29) is 39.8 Å². The molecule has 1 saturated heterocycles. The van der Waals surface area contributed by atoms with Crippen LogP contribution in [0.15, 0.2) is 12.2 Å². The molecule has 4 N–H and O–H groups in total. The molecule has 5 saturated carbocycles. The van der Waals surface area contributed by atoms with Gasteiger partial charge in [-0.3, -0.25) is 0 Å². The van der Waals surface area contributed by atoms with Gasteiger partial charge in [-0.25, -0.2) is 0 Å². The second-order valence-electron chi connectivity index (χ2n) is 16.9. The Bertz CT molecular complexity index is 1030. The minimum atomic E-state index is -1.22. The minimum Gasteiger partial charge on any atom is -0.396 e. The van der Waals surface area contributed by atoms with Crippen LogP contribution in [0.25, 0.3) is 0 Å². The van der Waals surface area contributed by atoms with E-state index in [1.807, 2.05) is 0 Å². The minimum absolute atomic E-state index is 0.0790. The Morgan fingerprint density at radius 2 is 1.59 bits per heavy atom. The maximum absolute atomic E-state index is 10.8. The van der Waals surface area contributed by atoms with E-state index in [0.29, 0.717) is 36.2 Å². The molecule has 6 rings (SSSR count). The van der Waals surface area contributed by atoms with Crippen molar-refractivity contribution in [3.8, 4) is 0 Å². The van der Waals surface area contributed by atoms with Gasteiger partial charge in [-0.15, -0.1) is 0 Å². The molecule has 1 aliphatic heterocycles. The smallest absolute Gasteiger partial charge is 0.183 e. The van der Waals surface area contributed by atoms with Crippen molar-refractivity contribution in [2.75, 3.05) is 13.2 Å². The van der Waals surface area contributed by atoms with E-state index in [9.17, 15) is 20.4 Å². The zero-order valence-electron chi connectivity index (χ0n) is 26.6. The van der Waals surface area contributed by atoms with Crippen LogP contribution in [0, 0.1) is 56.7 Å². The molecule has 0 amide bonds. The van der Waals surface area contributed by atoms with Gasteiger partial charge in [0.15, 0.2) is 6.29 Å². The maximum Gasteiger partial charge on any atom is 0.183 e. The van der Waals surface area contributed by atoms with Gasteiger partial charge in [0.25, 0.3) is 0 Å². The van der Waals surface area contributed by atoms with Gasteiger partial charge < -0.3 is 29.9 Å². The zero-order chi connectivity index (χ0) is 29.8. The number of hydrogen-bond acceptors (Lipinski definition) is 6. The van der Waals surface area contributed by atoms with Crippen molar-refractivity contribution < 1.29 is 29.9 Å². The predicted molar refractivity (Wildman–Crippen MR) is 159 cm³/mol. The highest BCUT2D eigenvalue weighted by molar-refractivity contribution is 5.21. The largest absolute Gasteiger partial charge is 0.396 e. The molecule has 0 aromatic heterocycles. The molecule has 1 heterocycles. The summed E-state index contributed by atoms with van der Waals surface area (Å²) < 4.78 is 11.8. The first-order chi connectivity index (χ1) is 19.2. The summed E-state index contributed by atoms with van der Waals surface area (Å²) in [4.78, 5) is 0. The molecule has 14 atom stereocenters. The topological polar surface area (TPSA) is 99.4 Å². The summed E-state index contributed by atoms with van der Waals surface area (Å²) in [5, 5.41) is 42.1. The van der Waals surface area contributed by atoms with Crippen molar-refractivity contribution in [3.05, 3.63) is 12.2 Å². The Labute approximate surface area is 248 Å². The molecule has 1 unspecified atom stereocenters. The second-order valence-corrected chi connectivity index (χ2v) is 16.9. The highest BCUT2D eigenvalue weighted by Gasteiger charge is 2.71. The van der Waals surface area contributed by atoms with Crippen LogP contribution in [0.3, 0.4) is 0 Å². The van der Waals surface area contributed by atoms with E-state index in [1.165, 1.54) is 37.7 Å². The fourth-order valence-electron chi connectivity index (χ4n) is 12.9. The van der Waals surface area contributed by atoms with Gasteiger partial charge in [0.2, 0.25) is 0 Å². The molecule has 5 aliphatic carbocycles. The van der Waals surface area contributed by atoms with E-state index in [1.54, 1.807) is 0 Å². The fraction of sp³-hybridized carbons (Fsp3) is 0.943. The molecule has 6 heteroatoms. The van der Waals surface area contributed by atoms with Crippen molar-refractivity contribution in [3.63, 3.8) is 0 Å². The molecule has 6 fully saturated rings. The fourth-order valence-corrected chi connectivity index (χ4v) is 12.9. The Balaban J connectivity index is 1.28. The summed E-state index contributed by atoms with van der Waals surface area (Å²) in [6, 6.07) is 0. The number of rotatable bonds is 4. The summed E-state index contributed by atoms with van der Waals surface area (Å²) in [5.74, 6) is 2.85. The third-order valence-corrected chi connectivity index (χ3v) is 15.3. The number of allylic oxidation sites excluding steroid dienone is 1. The van der Waals surface area contributed by atoms with Gasteiger partial charge in [0.1, 0.15) is 18.3 Å². The quantitative estimate of drug-likeness (QED) is 0.333. The number of aliphatic hydroxyl groups excluding tert-OH is 4. The summed E-state index contributed by atoms with van der Waals surface area (Å²) in [6.45, 7) is 19.5. The van der Waals surface area contributed by atoms with E-state index in [4.69, 9.17) is 9.47 Å². The third-order valence-electron chi connectivity index (χ3n) is 15.3. The molecular formula is C35H58O6. The number of fused-ring (bicyclic) bond motifs is 7. The first kappa shape index (κ1) is 30.5. The zero-order valence-corrected chi connectivity index (χ0v) is 26.6. The molecule has 6 nitrogen and oxygen atoms in total. The summed E-state index contributed by atoms with van der Waals surface area (Å²) in [5.41, 5.74) is 1.97. The average molecular weight is 575 g/mol. The maximum atomic E-state index is 10.8. The molecule has 234 valence electrons. The summed E-state index contributed by atoms with van der Waals surface area (Å²) in [6.07, 6.45) is 7.09. The highest BCUT2D eigenvalue weighted by Crippen LogP contribution is 2.77. The van der Waals surface area contributed by atoms with E-state index >= 15 is 0 Å². The van der Waals surface area contributed by atoms with Crippen LogP contribution in [0.2, 0.25) is 0 Å². The van der Waals surface area contributed by atoms with Crippen LogP contribution < -0.4 is 0 Å². The van der Waals surface area contributed by atoms with E-state index in [0.717, 1.165) is 32.1 Å². The molecule has 0 aromatic rings. The first-order valence-corrected chi connectivity index (χ1v) is 16.7. The van der Waals surface area contributed by atoms with E-state index in [2.05, 4.69) is 48.1 Å². The Morgan fingerprint density at radius 3 is 2.27 bits per heavy atom.